The maximum atomic E-state index is 12.8. The van der Waals surface area contributed by atoms with Gasteiger partial charge >= 0.3 is 0 Å². The van der Waals surface area contributed by atoms with Gasteiger partial charge in [-0.3, -0.25) is 9.69 Å². The van der Waals surface area contributed by atoms with Gasteiger partial charge in [-0.05, 0) is 43.2 Å². The lowest BCUT2D eigenvalue weighted by Crippen LogP contribution is -2.48. The zero-order chi connectivity index (χ0) is 20.5. The third-order valence-corrected chi connectivity index (χ3v) is 5.97. The second-order valence-corrected chi connectivity index (χ2v) is 7.92. The fraction of sp³-hybridized carbons (Fsp3) is 0.391. The molecule has 2 aliphatic rings. The monoisotopic (exact) mass is 406 g/mol. The quantitative estimate of drug-likeness (QED) is 0.652. The Bertz CT molecular complexity index is 1070. The van der Waals surface area contributed by atoms with Gasteiger partial charge in [0.1, 0.15) is 5.65 Å². The molecule has 0 saturated carbocycles. The molecule has 0 spiro atoms. The Balaban J connectivity index is 1.14. The van der Waals surface area contributed by atoms with Gasteiger partial charge in [-0.2, -0.15) is 0 Å². The van der Waals surface area contributed by atoms with Crippen molar-refractivity contribution in [1.82, 2.24) is 19.2 Å². The summed E-state index contributed by atoms with van der Waals surface area (Å²) in [6, 6.07) is 12.1. The van der Waals surface area contributed by atoms with Gasteiger partial charge in [0.25, 0.3) is 0 Å². The van der Waals surface area contributed by atoms with E-state index in [2.05, 4.69) is 26.4 Å². The Hall–Kier alpha value is -3.06. The van der Waals surface area contributed by atoms with E-state index in [1.54, 1.807) is 0 Å². The first kappa shape index (κ1) is 18.9. The highest BCUT2D eigenvalue weighted by Crippen LogP contribution is 2.32. The molecule has 0 atom stereocenters. The number of hydrogen-bond acceptors (Lipinski definition) is 5. The molecule has 30 heavy (non-hydrogen) atoms. The Morgan fingerprint density at radius 1 is 1.07 bits per heavy atom. The fourth-order valence-electron chi connectivity index (χ4n) is 4.30. The lowest BCUT2D eigenvalue weighted by molar-refractivity contribution is -0.133. The molecule has 2 aliphatic heterocycles. The number of rotatable bonds is 5. The van der Waals surface area contributed by atoms with Crippen LogP contribution in [0.2, 0.25) is 0 Å². The summed E-state index contributed by atoms with van der Waals surface area (Å²) >= 11 is 0. The highest BCUT2D eigenvalue weighted by molar-refractivity contribution is 5.76. The van der Waals surface area contributed by atoms with E-state index in [1.807, 2.05) is 42.3 Å². The standard InChI is InChI=1S/C23H26N4O3/c1-17-19(27-9-3-2-4-22(27)24-17)6-8-23(28)26-12-10-25(11-13-26)15-18-5-7-20-21(14-18)30-16-29-20/h2-5,7,9,14H,6,8,10-13,15-16H2,1H3. The third-order valence-electron chi connectivity index (χ3n) is 5.97. The number of aryl methyl sites for hydroxylation is 2. The summed E-state index contributed by atoms with van der Waals surface area (Å²) in [5.41, 5.74) is 4.28. The van der Waals surface area contributed by atoms with Gasteiger partial charge in [-0.25, -0.2) is 4.98 Å². The number of piperazine rings is 1. The van der Waals surface area contributed by atoms with Crippen molar-refractivity contribution in [1.29, 1.82) is 0 Å². The van der Waals surface area contributed by atoms with Crippen molar-refractivity contribution in [2.24, 2.45) is 0 Å². The van der Waals surface area contributed by atoms with E-state index >= 15 is 0 Å². The second-order valence-electron chi connectivity index (χ2n) is 7.92. The maximum Gasteiger partial charge on any atom is 0.231 e. The predicted octanol–water partition coefficient (Wildman–Crippen LogP) is 2.65. The number of carbonyl (C=O) groups is 1. The van der Waals surface area contributed by atoms with Crippen LogP contribution in [0.4, 0.5) is 0 Å². The van der Waals surface area contributed by atoms with Crippen LogP contribution in [0, 0.1) is 6.92 Å². The number of pyridine rings is 1. The van der Waals surface area contributed by atoms with Crippen LogP contribution in [0.25, 0.3) is 5.65 Å². The van der Waals surface area contributed by atoms with Crippen molar-refractivity contribution in [2.45, 2.75) is 26.3 Å². The summed E-state index contributed by atoms with van der Waals surface area (Å²) in [7, 11) is 0. The molecule has 7 nitrogen and oxygen atoms in total. The van der Waals surface area contributed by atoms with Crippen LogP contribution in [0.15, 0.2) is 42.6 Å². The number of fused-ring (bicyclic) bond motifs is 2. The van der Waals surface area contributed by atoms with E-state index < -0.39 is 0 Å². The van der Waals surface area contributed by atoms with E-state index in [4.69, 9.17) is 9.47 Å². The van der Waals surface area contributed by atoms with Crippen LogP contribution in [0.1, 0.15) is 23.4 Å². The van der Waals surface area contributed by atoms with E-state index in [1.165, 1.54) is 5.56 Å². The number of benzene rings is 1. The van der Waals surface area contributed by atoms with Crippen LogP contribution in [-0.4, -0.2) is 58.1 Å². The first-order valence-electron chi connectivity index (χ1n) is 10.5. The number of nitrogens with zero attached hydrogens (tertiary/aromatic N) is 4. The van der Waals surface area contributed by atoms with Gasteiger partial charge in [0, 0.05) is 51.0 Å². The topological polar surface area (TPSA) is 59.3 Å². The van der Waals surface area contributed by atoms with Crippen molar-refractivity contribution in [3.05, 3.63) is 59.5 Å². The Morgan fingerprint density at radius 3 is 2.77 bits per heavy atom. The highest BCUT2D eigenvalue weighted by atomic mass is 16.7. The zero-order valence-corrected chi connectivity index (χ0v) is 17.2. The maximum absolute atomic E-state index is 12.8. The van der Waals surface area contributed by atoms with Gasteiger partial charge in [-0.1, -0.05) is 12.1 Å². The van der Waals surface area contributed by atoms with E-state index in [-0.39, 0.29) is 5.91 Å². The largest absolute Gasteiger partial charge is 0.454 e. The number of carbonyl (C=O) groups excluding carboxylic acids is 1. The average Bonchev–Trinajstić information content (AvgIpc) is 3.35. The average molecular weight is 406 g/mol. The van der Waals surface area contributed by atoms with Crippen LogP contribution in [0.5, 0.6) is 11.5 Å². The minimum atomic E-state index is 0.225. The summed E-state index contributed by atoms with van der Waals surface area (Å²) in [5, 5.41) is 0. The number of ether oxygens (including phenoxy) is 2. The zero-order valence-electron chi connectivity index (χ0n) is 17.2. The Kier molecular flexibility index (Phi) is 5.04. The molecule has 0 radical (unpaired) electrons. The lowest BCUT2D eigenvalue weighted by Gasteiger charge is -2.34. The van der Waals surface area contributed by atoms with Gasteiger partial charge in [0.05, 0.1) is 5.69 Å². The van der Waals surface area contributed by atoms with E-state index in [0.717, 1.165) is 61.3 Å². The number of amides is 1. The Labute approximate surface area is 175 Å². The molecular formula is C23H26N4O3. The third kappa shape index (κ3) is 3.73. The summed E-state index contributed by atoms with van der Waals surface area (Å²) in [6.45, 7) is 6.49. The van der Waals surface area contributed by atoms with Crippen LogP contribution < -0.4 is 9.47 Å². The smallest absolute Gasteiger partial charge is 0.231 e. The summed E-state index contributed by atoms with van der Waals surface area (Å²) in [5.74, 6) is 1.86. The van der Waals surface area contributed by atoms with Crippen molar-refractivity contribution in [3.63, 3.8) is 0 Å². The van der Waals surface area contributed by atoms with E-state index in [0.29, 0.717) is 19.6 Å². The molecule has 0 aliphatic carbocycles. The number of imidazole rings is 1. The van der Waals surface area contributed by atoms with Crippen LogP contribution in [-0.2, 0) is 17.8 Å². The van der Waals surface area contributed by atoms with Crippen LogP contribution in [0.3, 0.4) is 0 Å². The molecule has 1 fully saturated rings. The van der Waals surface area contributed by atoms with Gasteiger partial charge in [-0.15, -0.1) is 0 Å². The highest BCUT2D eigenvalue weighted by Gasteiger charge is 2.22. The molecule has 5 rings (SSSR count). The molecule has 3 aromatic rings. The summed E-state index contributed by atoms with van der Waals surface area (Å²) in [4.78, 5) is 21.8. The minimum absolute atomic E-state index is 0.225. The molecule has 1 amide bonds. The predicted molar refractivity (Wildman–Crippen MR) is 113 cm³/mol. The molecule has 4 heterocycles. The first-order valence-corrected chi connectivity index (χ1v) is 10.5. The SMILES string of the molecule is Cc1nc2ccccn2c1CCC(=O)N1CCN(Cc2ccc3c(c2)OCO3)CC1. The fourth-order valence-corrected chi connectivity index (χ4v) is 4.30. The molecule has 0 unspecified atom stereocenters. The normalized spacial score (nSPS) is 16.4. The van der Waals surface area contributed by atoms with Crippen molar-refractivity contribution >= 4 is 11.6 Å². The summed E-state index contributed by atoms with van der Waals surface area (Å²) in [6.07, 6.45) is 3.25. The Morgan fingerprint density at radius 2 is 1.90 bits per heavy atom. The molecule has 1 saturated heterocycles. The molecule has 156 valence electrons. The molecular weight excluding hydrogens is 380 g/mol. The molecule has 1 aromatic carbocycles. The second kappa shape index (κ2) is 7.99. The molecule has 2 aromatic heterocycles. The molecule has 0 bridgehead atoms. The van der Waals surface area contributed by atoms with Crippen LogP contribution >= 0.6 is 0 Å². The van der Waals surface area contributed by atoms with Gasteiger partial charge in [0.2, 0.25) is 12.7 Å². The number of aromatic nitrogens is 2. The van der Waals surface area contributed by atoms with E-state index in [9.17, 15) is 4.79 Å². The van der Waals surface area contributed by atoms with Crippen molar-refractivity contribution in [3.8, 4) is 11.5 Å². The van der Waals surface area contributed by atoms with Crippen molar-refractivity contribution in [2.75, 3.05) is 33.0 Å². The first-order chi connectivity index (χ1) is 14.7. The molecule has 7 heteroatoms. The van der Waals surface area contributed by atoms with Gasteiger partial charge in [0.15, 0.2) is 11.5 Å². The summed E-state index contributed by atoms with van der Waals surface area (Å²) < 4.78 is 12.9. The number of hydrogen-bond donors (Lipinski definition) is 0. The molecule has 0 N–H and O–H groups in total. The minimum Gasteiger partial charge on any atom is -0.454 e. The van der Waals surface area contributed by atoms with Crippen molar-refractivity contribution < 1.29 is 14.3 Å². The lowest BCUT2D eigenvalue weighted by atomic mass is 10.1. The van der Waals surface area contributed by atoms with Gasteiger partial charge < -0.3 is 18.8 Å².